The van der Waals surface area contributed by atoms with E-state index < -0.39 is 12.0 Å². The number of rotatable bonds is 3. The highest BCUT2D eigenvalue weighted by molar-refractivity contribution is 4.96. The van der Waals surface area contributed by atoms with Crippen LogP contribution in [0.4, 0.5) is 8.78 Å². The quantitative estimate of drug-likeness (QED) is 0.647. The van der Waals surface area contributed by atoms with E-state index in [0.29, 0.717) is 23.7 Å². The molecule has 170 valence electrons. The molecule has 0 spiro atoms. The molecular formula is C24H45F2N3. The lowest BCUT2D eigenvalue weighted by Gasteiger charge is -2.48. The van der Waals surface area contributed by atoms with Gasteiger partial charge in [0.2, 0.25) is 0 Å². The van der Waals surface area contributed by atoms with Gasteiger partial charge in [0.1, 0.15) is 0 Å². The lowest BCUT2D eigenvalue weighted by atomic mass is 9.75. The van der Waals surface area contributed by atoms with Gasteiger partial charge in [-0.1, -0.05) is 20.8 Å². The average Bonchev–Trinajstić information content (AvgIpc) is 2.60. The maximum Gasteiger partial charge on any atom is 0.275 e. The van der Waals surface area contributed by atoms with Crippen LogP contribution >= 0.6 is 0 Å². The van der Waals surface area contributed by atoms with E-state index in [2.05, 4.69) is 56.2 Å². The average molecular weight is 414 g/mol. The van der Waals surface area contributed by atoms with Gasteiger partial charge in [0.15, 0.2) is 0 Å². The fourth-order valence-corrected chi connectivity index (χ4v) is 5.83. The topological polar surface area (TPSA) is 9.72 Å². The first-order valence-corrected chi connectivity index (χ1v) is 12.0. The van der Waals surface area contributed by atoms with E-state index in [1.165, 1.54) is 0 Å². The molecule has 0 radical (unpaired) electrons. The van der Waals surface area contributed by atoms with Crippen LogP contribution in [0.1, 0.15) is 73.6 Å². The Balaban J connectivity index is 1.47. The molecule has 3 rings (SSSR count). The Morgan fingerprint density at radius 1 is 0.793 bits per heavy atom. The van der Waals surface area contributed by atoms with Crippen molar-refractivity contribution in [1.29, 1.82) is 0 Å². The van der Waals surface area contributed by atoms with Gasteiger partial charge >= 0.3 is 0 Å². The molecule has 0 N–H and O–H groups in total. The molecule has 5 heteroatoms. The van der Waals surface area contributed by atoms with Gasteiger partial charge in [0.05, 0.1) is 12.6 Å². The Bertz CT molecular complexity index is 521. The van der Waals surface area contributed by atoms with Crippen LogP contribution in [0.15, 0.2) is 0 Å². The first-order chi connectivity index (χ1) is 13.4. The van der Waals surface area contributed by atoms with Crippen LogP contribution in [0.25, 0.3) is 0 Å². The molecule has 0 bridgehead atoms. The van der Waals surface area contributed by atoms with Gasteiger partial charge in [0.25, 0.3) is 5.92 Å². The number of hydrogen-bond donors (Lipinski definition) is 0. The summed E-state index contributed by atoms with van der Waals surface area (Å²) in [6.07, 6.45) is 5.03. The van der Waals surface area contributed by atoms with Crippen molar-refractivity contribution in [3.05, 3.63) is 0 Å². The van der Waals surface area contributed by atoms with Crippen molar-refractivity contribution < 1.29 is 8.78 Å². The van der Waals surface area contributed by atoms with Crippen LogP contribution in [0, 0.1) is 17.3 Å². The van der Waals surface area contributed by atoms with Gasteiger partial charge in [-0.2, -0.15) is 0 Å². The molecule has 3 heterocycles. The molecule has 0 aromatic heterocycles. The van der Waals surface area contributed by atoms with E-state index in [4.69, 9.17) is 0 Å². The van der Waals surface area contributed by atoms with Gasteiger partial charge in [-0.05, 0) is 96.3 Å². The highest BCUT2D eigenvalue weighted by atomic mass is 19.3. The SMILES string of the molecule is CC(C)(C)C1CCN(C2CCN(CC3CCN(C(C)(C)C)CC3)CC2(F)F)CC1. The molecule has 0 aromatic rings. The maximum absolute atomic E-state index is 15.1. The molecule has 3 fully saturated rings. The van der Waals surface area contributed by atoms with Crippen LogP contribution in [0.2, 0.25) is 0 Å². The lowest BCUT2D eigenvalue weighted by Crippen LogP contribution is -2.60. The largest absolute Gasteiger partial charge is 0.298 e. The number of halogens is 2. The van der Waals surface area contributed by atoms with Crippen molar-refractivity contribution in [1.82, 2.24) is 14.7 Å². The second kappa shape index (κ2) is 8.70. The minimum absolute atomic E-state index is 0.0453. The highest BCUT2D eigenvalue weighted by Crippen LogP contribution is 2.38. The molecule has 3 aliphatic rings. The second-order valence-corrected chi connectivity index (χ2v) is 12.1. The second-order valence-electron chi connectivity index (χ2n) is 12.1. The Labute approximate surface area is 178 Å². The van der Waals surface area contributed by atoms with Crippen molar-refractivity contribution in [2.45, 2.75) is 91.1 Å². The molecule has 1 unspecified atom stereocenters. The van der Waals surface area contributed by atoms with E-state index in [1.807, 2.05) is 0 Å². The van der Waals surface area contributed by atoms with Crippen LogP contribution in [-0.2, 0) is 0 Å². The van der Waals surface area contributed by atoms with Crippen molar-refractivity contribution >= 4 is 0 Å². The lowest BCUT2D eigenvalue weighted by molar-refractivity contribution is -0.136. The Kier molecular flexibility index (Phi) is 7.02. The van der Waals surface area contributed by atoms with Gasteiger partial charge in [-0.25, -0.2) is 8.78 Å². The summed E-state index contributed by atoms with van der Waals surface area (Å²) in [5.41, 5.74) is 0.511. The fraction of sp³-hybridized carbons (Fsp3) is 1.00. The van der Waals surface area contributed by atoms with Crippen molar-refractivity contribution in [3.63, 3.8) is 0 Å². The van der Waals surface area contributed by atoms with Crippen molar-refractivity contribution in [2.24, 2.45) is 17.3 Å². The minimum Gasteiger partial charge on any atom is -0.298 e. The zero-order valence-corrected chi connectivity index (χ0v) is 19.8. The summed E-state index contributed by atoms with van der Waals surface area (Å²) in [6.45, 7) is 19.2. The van der Waals surface area contributed by atoms with E-state index in [9.17, 15) is 0 Å². The summed E-state index contributed by atoms with van der Waals surface area (Å²) in [5, 5.41) is 0. The minimum atomic E-state index is -2.58. The van der Waals surface area contributed by atoms with E-state index in [-0.39, 0.29) is 12.1 Å². The number of likely N-dealkylation sites (tertiary alicyclic amines) is 3. The smallest absolute Gasteiger partial charge is 0.275 e. The summed E-state index contributed by atoms with van der Waals surface area (Å²) in [5.74, 6) is -1.35. The molecule has 1 atom stereocenters. The molecule has 3 saturated heterocycles. The Morgan fingerprint density at radius 2 is 1.38 bits per heavy atom. The third-order valence-corrected chi connectivity index (χ3v) is 7.92. The zero-order valence-electron chi connectivity index (χ0n) is 19.8. The molecule has 0 aromatic carbocycles. The monoisotopic (exact) mass is 413 g/mol. The molecule has 3 nitrogen and oxygen atoms in total. The summed E-state index contributed by atoms with van der Waals surface area (Å²) in [6, 6.07) is -0.553. The Hall–Kier alpha value is -0.260. The van der Waals surface area contributed by atoms with Gasteiger partial charge < -0.3 is 0 Å². The fourth-order valence-electron chi connectivity index (χ4n) is 5.83. The summed E-state index contributed by atoms with van der Waals surface area (Å²) < 4.78 is 30.2. The number of hydrogen-bond acceptors (Lipinski definition) is 3. The van der Waals surface area contributed by atoms with Crippen LogP contribution in [-0.4, -0.2) is 78.0 Å². The highest BCUT2D eigenvalue weighted by Gasteiger charge is 2.48. The van der Waals surface area contributed by atoms with E-state index >= 15 is 8.78 Å². The normalized spacial score (nSPS) is 30.0. The van der Waals surface area contributed by atoms with Crippen LogP contribution in [0.5, 0.6) is 0 Å². The number of piperidine rings is 3. The third kappa shape index (κ3) is 5.92. The summed E-state index contributed by atoms with van der Waals surface area (Å²) >= 11 is 0. The van der Waals surface area contributed by atoms with Crippen molar-refractivity contribution in [2.75, 3.05) is 45.8 Å². The standard InChI is InChI=1S/C24H45F2N3/c1-22(2,3)20-9-13-28(14-10-20)21-11-12-27(18-24(21,25)26)17-19-7-15-29(16-8-19)23(4,5)6/h19-21H,7-18H2,1-6H3. The van der Waals surface area contributed by atoms with Crippen LogP contribution in [0.3, 0.4) is 0 Å². The summed E-state index contributed by atoms with van der Waals surface area (Å²) in [4.78, 5) is 6.71. The third-order valence-electron chi connectivity index (χ3n) is 7.92. The molecule has 0 aliphatic carbocycles. The molecule has 29 heavy (non-hydrogen) atoms. The Morgan fingerprint density at radius 3 is 1.86 bits per heavy atom. The van der Waals surface area contributed by atoms with Crippen LogP contribution < -0.4 is 0 Å². The predicted molar refractivity (Wildman–Crippen MR) is 118 cm³/mol. The molecule has 3 aliphatic heterocycles. The van der Waals surface area contributed by atoms with Gasteiger partial charge in [0, 0.05) is 18.6 Å². The van der Waals surface area contributed by atoms with E-state index in [0.717, 1.165) is 65.0 Å². The number of alkyl halides is 2. The first-order valence-electron chi connectivity index (χ1n) is 12.0. The molecular weight excluding hydrogens is 368 g/mol. The van der Waals surface area contributed by atoms with Gasteiger partial charge in [-0.15, -0.1) is 0 Å². The number of nitrogens with zero attached hydrogens (tertiary/aromatic N) is 3. The summed E-state index contributed by atoms with van der Waals surface area (Å²) in [7, 11) is 0. The zero-order chi connectivity index (χ0) is 21.4. The van der Waals surface area contributed by atoms with E-state index in [1.54, 1.807) is 0 Å². The predicted octanol–water partition coefficient (Wildman–Crippen LogP) is 4.96. The van der Waals surface area contributed by atoms with Crippen molar-refractivity contribution in [3.8, 4) is 0 Å². The molecule has 0 amide bonds. The molecule has 0 saturated carbocycles. The maximum atomic E-state index is 15.1. The first kappa shape index (κ1) is 23.4. The van der Waals surface area contributed by atoms with Gasteiger partial charge in [-0.3, -0.25) is 14.7 Å².